The standard InChI is InChI=1S/C21H19ClN4O/c22-18-7-5-15(6-8-18)9-11-23-21-24-13-17(14-25-21)20(27)26-12-10-16-3-1-2-4-19(16)26/h1-8,13-14H,9-12H2,(H,23,24,25). The lowest BCUT2D eigenvalue weighted by Gasteiger charge is -2.17. The second-order valence-corrected chi connectivity index (χ2v) is 6.87. The molecule has 3 aromatic rings. The van der Waals surface area contributed by atoms with Crippen molar-refractivity contribution in [3.63, 3.8) is 0 Å². The lowest BCUT2D eigenvalue weighted by molar-refractivity contribution is 0.0988. The van der Waals surface area contributed by atoms with Crippen LogP contribution in [0.1, 0.15) is 21.5 Å². The van der Waals surface area contributed by atoms with Gasteiger partial charge >= 0.3 is 0 Å². The van der Waals surface area contributed by atoms with E-state index in [0.717, 1.165) is 23.6 Å². The molecule has 0 saturated heterocycles. The van der Waals surface area contributed by atoms with Crippen molar-refractivity contribution >= 4 is 29.1 Å². The molecule has 0 unspecified atom stereocenters. The largest absolute Gasteiger partial charge is 0.354 e. The summed E-state index contributed by atoms with van der Waals surface area (Å²) in [4.78, 5) is 23.1. The van der Waals surface area contributed by atoms with Gasteiger partial charge in [-0.1, -0.05) is 41.9 Å². The Morgan fingerprint density at radius 3 is 2.59 bits per heavy atom. The van der Waals surface area contributed by atoms with Crippen molar-refractivity contribution in [1.29, 1.82) is 0 Å². The number of carbonyl (C=O) groups excluding carboxylic acids is 1. The van der Waals surface area contributed by atoms with Crippen LogP contribution in [0, 0.1) is 0 Å². The van der Waals surface area contributed by atoms with E-state index in [2.05, 4.69) is 21.4 Å². The molecule has 0 aliphatic carbocycles. The van der Waals surface area contributed by atoms with Crippen LogP contribution in [0.5, 0.6) is 0 Å². The first kappa shape index (κ1) is 17.5. The Bertz CT molecular complexity index is 941. The summed E-state index contributed by atoms with van der Waals surface area (Å²) in [6.07, 6.45) is 4.89. The van der Waals surface area contributed by atoms with Crippen LogP contribution in [-0.2, 0) is 12.8 Å². The van der Waals surface area contributed by atoms with Gasteiger partial charge < -0.3 is 10.2 Å². The van der Waals surface area contributed by atoms with Gasteiger partial charge in [0, 0.05) is 36.2 Å². The Morgan fingerprint density at radius 1 is 1.07 bits per heavy atom. The van der Waals surface area contributed by atoms with E-state index in [4.69, 9.17) is 11.6 Å². The number of halogens is 1. The zero-order valence-corrected chi connectivity index (χ0v) is 15.5. The van der Waals surface area contributed by atoms with Gasteiger partial charge in [-0.2, -0.15) is 0 Å². The zero-order chi connectivity index (χ0) is 18.6. The fraction of sp³-hybridized carbons (Fsp3) is 0.190. The molecule has 0 radical (unpaired) electrons. The molecule has 27 heavy (non-hydrogen) atoms. The zero-order valence-electron chi connectivity index (χ0n) is 14.7. The third-order valence-electron chi connectivity index (χ3n) is 4.64. The van der Waals surface area contributed by atoms with E-state index in [1.807, 2.05) is 42.5 Å². The van der Waals surface area contributed by atoms with E-state index >= 15 is 0 Å². The van der Waals surface area contributed by atoms with Gasteiger partial charge in [0.15, 0.2) is 0 Å². The van der Waals surface area contributed by atoms with E-state index in [0.29, 0.717) is 24.6 Å². The van der Waals surface area contributed by atoms with E-state index in [9.17, 15) is 4.79 Å². The van der Waals surface area contributed by atoms with Gasteiger partial charge in [-0.05, 0) is 42.2 Å². The van der Waals surface area contributed by atoms with Crippen LogP contribution in [0.4, 0.5) is 11.6 Å². The molecule has 2 heterocycles. The van der Waals surface area contributed by atoms with Gasteiger partial charge in [-0.25, -0.2) is 9.97 Å². The van der Waals surface area contributed by atoms with Crippen molar-refractivity contribution in [3.05, 3.63) is 82.6 Å². The van der Waals surface area contributed by atoms with Crippen molar-refractivity contribution in [2.75, 3.05) is 23.3 Å². The monoisotopic (exact) mass is 378 g/mol. The second kappa shape index (κ2) is 7.76. The van der Waals surface area contributed by atoms with E-state index in [1.165, 1.54) is 11.1 Å². The minimum absolute atomic E-state index is 0.0623. The number of benzene rings is 2. The molecule has 1 amide bonds. The lowest BCUT2D eigenvalue weighted by atomic mass is 10.1. The van der Waals surface area contributed by atoms with E-state index in [-0.39, 0.29) is 5.91 Å². The molecule has 0 fully saturated rings. The number of aromatic nitrogens is 2. The van der Waals surface area contributed by atoms with Crippen LogP contribution in [0.15, 0.2) is 60.9 Å². The molecule has 1 N–H and O–H groups in total. The number of hydrogen-bond donors (Lipinski definition) is 1. The fourth-order valence-electron chi connectivity index (χ4n) is 3.20. The Kier molecular flexibility index (Phi) is 5.03. The van der Waals surface area contributed by atoms with Crippen molar-refractivity contribution in [2.45, 2.75) is 12.8 Å². The number of anilines is 2. The maximum Gasteiger partial charge on any atom is 0.261 e. The molecule has 2 aromatic carbocycles. The minimum Gasteiger partial charge on any atom is -0.354 e. The average molecular weight is 379 g/mol. The Balaban J connectivity index is 1.36. The van der Waals surface area contributed by atoms with Crippen molar-refractivity contribution in [1.82, 2.24) is 9.97 Å². The fourth-order valence-corrected chi connectivity index (χ4v) is 3.33. The number of hydrogen-bond acceptors (Lipinski definition) is 4. The van der Waals surface area contributed by atoms with Crippen LogP contribution < -0.4 is 10.2 Å². The first-order valence-corrected chi connectivity index (χ1v) is 9.28. The highest BCUT2D eigenvalue weighted by Gasteiger charge is 2.25. The molecule has 6 heteroatoms. The molecular weight excluding hydrogens is 360 g/mol. The lowest BCUT2D eigenvalue weighted by Crippen LogP contribution is -2.29. The summed E-state index contributed by atoms with van der Waals surface area (Å²) in [7, 11) is 0. The van der Waals surface area contributed by atoms with E-state index < -0.39 is 0 Å². The van der Waals surface area contributed by atoms with Crippen molar-refractivity contribution in [2.24, 2.45) is 0 Å². The number of carbonyl (C=O) groups is 1. The molecule has 1 aliphatic heterocycles. The molecule has 0 saturated carbocycles. The summed E-state index contributed by atoms with van der Waals surface area (Å²) < 4.78 is 0. The number of rotatable bonds is 5. The van der Waals surface area contributed by atoms with E-state index in [1.54, 1.807) is 17.3 Å². The topological polar surface area (TPSA) is 58.1 Å². The first-order valence-electron chi connectivity index (χ1n) is 8.91. The minimum atomic E-state index is -0.0623. The van der Waals surface area contributed by atoms with Gasteiger partial charge in [0.2, 0.25) is 5.95 Å². The summed E-state index contributed by atoms with van der Waals surface area (Å²) in [5.41, 5.74) is 3.86. The number of fused-ring (bicyclic) bond motifs is 1. The first-order chi connectivity index (χ1) is 13.2. The number of amides is 1. The predicted octanol–water partition coefficient (Wildman–Crippen LogP) is 3.99. The molecule has 0 bridgehead atoms. The Labute approximate surface area is 163 Å². The highest BCUT2D eigenvalue weighted by atomic mass is 35.5. The molecular formula is C21H19ClN4O. The van der Waals surface area contributed by atoms with Crippen LogP contribution in [0.2, 0.25) is 5.02 Å². The van der Waals surface area contributed by atoms with Crippen LogP contribution in [-0.4, -0.2) is 29.0 Å². The molecule has 1 aliphatic rings. The molecule has 0 atom stereocenters. The molecule has 5 nitrogen and oxygen atoms in total. The van der Waals surface area contributed by atoms with Gasteiger partial charge in [0.1, 0.15) is 0 Å². The molecule has 136 valence electrons. The van der Waals surface area contributed by atoms with Crippen molar-refractivity contribution < 1.29 is 4.79 Å². The number of nitrogens with one attached hydrogen (secondary N) is 1. The summed E-state index contributed by atoms with van der Waals surface area (Å²) in [5, 5.41) is 3.91. The number of nitrogens with zero attached hydrogens (tertiary/aromatic N) is 3. The second-order valence-electron chi connectivity index (χ2n) is 6.43. The van der Waals surface area contributed by atoms with Gasteiger partial charge in [0.05, 0.1) is 5.56 Å². The van der Waals surface area contributed by atoms with Gasteiger partial charge in [-0.3, -0.25) is 4.79 Å². The highest BCUT2D eigenvalue weighted by Crippen LogP contribution is 2.28. The summed E-state index contributed by atoms with van der Waals surface area (Å²) >= 11 is 5.89. The Hall–Kier alpha value is -2.92. The summed E-state index contributed by atoms with van der Waals surface area (Å²) in [6.45, 7) is 1.40. The molecule has 0 spiro atoms. The smallest absolute Gasteiger partial charge is 0.261 e. The summed E-state index contributed by atoms with van der Waals surface area (Å²) in [5.74, 6) is 0.454. The van der Waals surface area contributed by atoms with Gasteiger partial charge in [0.25, 0.3) is 5.91 Å². The third-order valence-corrected chi connectivity index (χ3v) is 4.89. The van der Waals surface area contributed by atoms with Crippen molar-refractivity contribution in [3.8, 4) is 0 Å². The van der Waals surface area contributed by atoms with Gasteiger partial charge in [-0.15, -0.1) is 0 Å². The SMILES string of the molecule is O=C(c1cnc(NCCc2ccc(Cl)cc2)nc1)N1CCc2ccccc21. The van der Waals surface area contributed by atoms with Crippen LogP contribution >= 0.6 is 11.6 Å². The highest BCUT2D eigenvalue weighted by molar-refractivity contribution is 6.30. The van der Waals surface area contributed by atoms with Crippen LogP contribution in [0.3, 0.4) is 0 Å². The molecule has 4 rings (SSSR count). The third kappa shape index (κ3) is 3.93. The number of para-hydroxylation sites is 1. The predicted molar refractivity (Wildman–Crippen MR) is 108 cm³/mol. The average Bonchev–Trinajstić information content (AvgIpc) is 3.14. The Morgan fingerprint density at radius 2 is 1.81 bits per heavy atom. The summed E-state index contributed by atoms with van der Waals surface area (Å²) in [6, 6.07) is 15.8. The maximum absolute atomic E-state index is 12.8. The normalized spacial score (nSPS) is 12.7. The maximum atomic E-state index is 12.8. The quantitative estimate of drug-likeness (QED) is 0.729. The molecule has 1 aromatic heterocycles. The van der Waals surface area contributed by atoms with Crippen LogP contribution in [0.25, 0.3) is 0 Å².